The second-order valence-electron chi connectivity index (χ2n) is 5.87. The monoisotopic (exact) mass is 264 g/mol. The lowest BCUT2D eigenvalue weighted by molar-refractivity contribution is -0.0722. The average molecular weight is 264 g/mol. The molecule has 2 heterocycles. The molecular weight excluding hydrogens is 243 g/mol. The van der Waals surface area contributed by atoms with E-state index in [4.69, 9.17) is 4.74 Å². The maximum Gasteiger partial charge on any atom is 0.127 e. The summed E-state index contributed by atoms with van der Waals surface area (Å²) in [7, 11) is 2.14. The predicted octanol–water partition coefficient (Wildman–Crippen LogP) is 1.39. The Balaban J connectivity index is 1.78. The van der Waals surface area contributed by atoms with Crippen LogP contribution in [0.2, 0.25) is 0 Å². The van der Waals surface area contributed by atoms with Crippen LogP contribution in [0.25, 0.3) is 0 Å². The third kappa shape index (κ3) is 2.53. The molecule has 0 aromatic heterocycles. The molecule has 0 bridgehead atoms. The molecule has 1 N–H and O–H groups in total. The molecule has 1 atom stereocenters. The molecule has 0 saturated carbocycles. The van der Waals surface area contributed by atoms with E-state index in [0.29, 0.717) is 19.3 Å². The van der Waals surface area contributed by atoms with Crippen molar-refractivity contribution in [1.82, 2.24) is 10.2 Å². The minimum Gasteiger partial charge on any atom is -0.379 e. The average Bonchev–Trinajstić information content (AvgIpc) is 2.35. The molecule has 0 radical (unpaired) electrons. The lowest BCUT2D eigenvalue weighted by atomic mass is 9.73. The topological polar surface area (TPSA) is 24.5 Å². The Morgan fingerprint density at radius 1 is 1.42 bits per heavy atom. The molecule has 19 heavy (non-hydrogen) atoms. The number of halogens is 1. The van der Waals surface area contributed by atoms with Crippen LogP contribution in [0.4, 0.5) is 4.39 Å². The van der Waals surface area contributed by atoms with Gasteiger partial charge < -0.3 is 15.0 Å². The molecule has 0 amide bonds. The van der Waals surface area contributed by atoms with E-state index in [1.165, 1.54) is 0 Å². The smallest absolute Gasteiger partial charge is 0.127 e. The van der Waals surface area contributed by atoms with E-state index in [-0.39, 0.29) is 11.2 Å². The van der Waals surface area contributed by atoms with E-state index >= 15 is 0 Å². The summed E-state index contributed by atoms with van der Waals surface area (Å²) in [5.74, 6) is -0.102. The quantitative estimate of drug-likeness (QED) is 0.893. The SMILES string of the molecule is CN1CCNC(CC2(c3ccccc3F)COC2)C1. The van der Waals surface area contributed by atoms with Crippen molar-refractivity contribution in [3.8, 4) is 0 Å². The third-order valence-corrected chi connectivity index (χ3v) is 4.30. The van der Waals surface area contributed by atoms with Crippen LogP contribution < -0.4 is 5.32 Å². The van der Waals surface area contributed by atoms with Crippen LogP contribution in [0, 0.1) is 5.82 Å². The Morgan fingerprint density at radius 3 is 2.84 bits per heavy atom. The first-order valence-electron chi connectivity index (χ1n) is 6.94. The van der Waals surface area contributed by atoms with Gasteiger partial charge in [-0.05, 0) is 25.1 Å². The van der Waals surface area contributed by atoms with Crippen LogP contribution in [0.3, 0.4) is 0 Å². The highest BCUT2D eigenvalue weighted by molar-refractivity contribution is 5.30. The maximum atomic E-state index is 14.1. The molecule has 104 valence electrons. The summed E-state index contributed by atoms with van der Waals surface area (Å²) in [5, 5.41) is 3.54. The van der Waals surface area contributed by atoms with Gasteiger partial charge in [-0.15, -0.1) is 0 Å². The van der Waals surface area contributed by atoms with Crippen molar-refractivity contribution in [3.05, 3.63) is 35.6 Å². The second-order valence-corrected chi connectivity index (χ2v) is 5.87. The van der Waals surface area contributed by atoms with Gasteiger partial charge in [0.15, 0.2) is 0 Å². The number of rotatable bonds is 3. The molecule has 0 spiro atoms. The fourth-order valence-corrected chi connectivity index (χ4v) is 3.22. The summed E-state index contributed by atoms with van der Waals surface area (Å²) in [6.45, 7) is 4.39. The van der Waals surface area contributed by atoms with Gasteiger partial charge in [0, 0.05) is 31.1 Å². The van der Waals surface area contributed by atoms with Crippen molar-refractivity contribution in [1.29, 1.82) is 0 Å². The van der Waals surface area contributed by atoms with Crippen LogP contribution in [-0.2, 0) is 10.2 Å². The lowest BCUT2D eigenvalue weighted by Crippen LogP contribution is -2.56. The van der Waals surface area contributed by atoms with E-state index < -0.39 is 0 Å². The number of likely N-dealkylation sites (N-methyl/N-ethyl adjacent to an activating group) is 1. The first-order valence-corrected chi connectivity index (χ1v) is 6.94. The van der Waals surface area contributed by atoms with Crippen molar-refractivity contribution in [2.45, 2.75) is 17.9 Å². The molecule has 2 aliphatic heterocycles. The van der Waals surface area contributed by atoms with Crippen LogP contribution in [-0.4, -0.2) is 50.8 Å². The Morgan fingerprint density at radius 2 is 2.21 bits per heavy atom. The van der Waals surface area contributed by atoms with E-state index in [1.807, 2.05) is 12.1 Å². The molecule has 3 nitrogen and oxygen atoms in total. The summed E-state index contributed by atoms with van der Waals surface area (Å²) in [6.07, 6.45) is 0.943. The van der Waals surface area contributed by atoms with Crippen molar-refractivity contribution < 1.29 is 9.13 Å². The van der Waals surface area contributed by atoms with Gasteiger partial charge in [-0.25, -0.2) is 4.39 Å². The van der Waals surface area contributed by atoms with Gasteiger partial charge in [0.25, 0.3) is 0 Å². The third-order valence-electron chi connectivity index (χ3n) is 4.30. The zero-order chi connectivity index (χ0) is 13.3. The number of hydrogen-bond donors (Lipinski definition) is 1. The molecule has 0 aliphatic carbocycles. The Hall–Kier alpha value is -0.970. The molecule has 1 aromatic carbocycles. The summed E-state index contributed by atoms with van der Waals surface area (Å²) >= 11 is 0. The highest BCUT2D eigenvalue weighted by Crippen LogP contribution is 2.38. The summed E-state index contributed by atoms with van der Waals surface area (Å²) < 4.78 is 19.5. The van der Waals surface area contributed by atoms with Gasteiger partial charge in [-0.2, -0.15) is 0 Å². The second kappa shape index (κ2) is 5.19. The van der Waals surface area contributed by atoms with Gasteiger partial charge in [0.2, 0.25) is 0 Å². The summed E-state index contributed by atoms with van der Waals surface area (Å²) in [6, 6.07) is 7.54. The van der Waals surface area contributed by atoms with Crippen molar-refractivity contribution >= 4 is 0 Å². The largest absolute Gasteiger partial charge is 0.379 e. The maximum absolute atomic E-state index is 14.1. The Bertz CT molecular complexity index is 448. The van der Waals surface area contributed by atoms with Gasteiger partial charge in [0.05, 0.1) is 13.2 Å². The summed E-state index contributed by atoms with van der Waals surface area (Å²) in [5.41, 5.74) is 0.678. The predicted molar refractivity (Wildman–Crippen MR) is 72.8 cm³/mol. The van der Waals surface area contributed by atoms with Gasteiger partial charge in [0.1, 0.15) is 5.82 Å². The molecular formula is C15H21FN2O. The van der Waals surface area contributed by atoms with Crippen LogP contribution in [0.1, 0.15) is 12.0 Å². The standard InChI is InChI=1S/C15H21FN2O/c1-18-7-6-17-12(9-18)8-15(10-19-11-15)13-4-2-3-5-14(13)16/h2-5,12,17H,6-11H2,1H3. The van der Waals surface area contributed by atoms with E-state index in [0.717, 1.165) is 31.6 Å². The van der Waals surface area contributed by atoms with Crippen LogP contribution >= 0.6 is 0 Å². The van der Waals surface area contributed by atoms with E-state index in [1.54, 1.807) is 12.1 Å². The highest BCUT2D eigenvalue weighted by Gasteiger charge is 2.44. The fourth-order valence-electron chi connectivity index (χ4n) is 3.22. The van der Waals surface area contributed by atoms with E-state index in [2.05, 4.69) is 17.3 Å². The fraction of sp³-hybridized carbons (Fsp3) is 0.600. The number of hydrogen-bond acceptors (Lipinski definition) is 3. The van der Waals surface area contributed by atoms with Crippen molar-refractivity contribution in [2.24, 2.45) is 0 Å². The Kier molecular flexibility index (Phi) is 3.56. The molecule has 3 rings (SSSR count). The zero-order valence-corrected chi connectivity index (χ0v) is 11.4. The van der Waals surface area contributed by atoms with Crippen molar-refractivity contribution in [2.75, 3.05) is 39.9 Å². The normalized spacial score (nSPS) is 26.9. The molecule has 1 unspecified atom stereocenters. The van der Waals surface area contributed by atoms with E-state index in [9.17, 15) is 4.39 Å². The van der Waals surface area contributed by atoms with Gasteiger partial charge in [-0.1, -0.05) is 18.2 Å². The zero-order valence-electron chi connectivity index (χ0n) is 11.4. The minimum atomic E-state index is -0.138. The minimum absolute atomic E-state index is 0.102. The first-order chi connectivity index (χ1) is 9.20. The van der Waals surface area contributed by atoms with Gasteiger partial charge in [-0.3, -0.25) is 0 Å². The number of ether oxygens (including phenoxy) is 1. The number of piperazine rings is 1. The molecule has 2 saturated heterocycles. The van der Waals surface area contributed by atoms with Gasteiger partial charge >= 0.3 is 0 Å². The number of nitrogens with zero attached hydrogens (tertiary/aromatic N) is 1. The highest BCUT2D eigenvalue weighted by atomic mass is 19.1. The number of benzene rings is 1. The number of nitrogens with one attached hydrogen (secondary N) is 1. The van der Waals surface area contributed by atoms with Crippen LogP contribution in [0.5, 0.6) is 0 Å². The summed E-state index contributed by atoms with van der Waals surface area (Å²) in [4.78, 5) is 2.33. The first kappa shape index (κ1) is 13.0. The lowest BCUT2D eigenvalue weighted by Gasteiger charge is -2.45. The molecule has 1 aromatic rings. The molecule has 4 heteroatoms. The van der Waals surface area contributed by atoms with Crippen molar-refractivity contribution in [3.63, 3.8) is 0 Å². The molecule has 2 fully saturated rings. The molecule has 2 aliphatic rings. The Labute approximate surface area is 113 Å². The van der Waals surface area contributed by atoms with Crippen LogP contribution in [0.15, 0.2) is 24.3 Å².